The molecule has 0 saturated carbocycles. The first kappa shape index (κ1) is 6.55. The van der Waals surface area contributed by atoms with Crippen molar-refractivity contribution < 1.29 is 9.53 Å². The summed E-state index contributed by atoms with van der Waals surface area (Å²) in [5.41, 5.74) is 0. The van der Waals surface area contributed by atoms with Gasteiger partial charge in [-0.25, -0.2) is 0 Å². The largest absolute Gasteiger partial charge is 0.385 e. The van der Waals surface area contributed by atoms with Crippen LogP contribution in [0.5, 0.6) is 0 Å². The van der Waals surface area contributed by atoms with Gasteiger partial charge in [0.2, 0.25) is 5.91 Å². The normalized spacial score (nSPS) is 25.0. The number of ether oxygens (including phenoxy) is 1. The zero-order valence-corrected chi connectivity index (χ0v) is 5.52. The van der Waals surface area contributed by atoms with Crippen LogP contribution in [0.2, 0.25) is 0 Å². The van der Waals surface area contributed by atoms with E-state index in [1.54, 1.807) is 7.11 Å². The minimum atomic E-state index is 0.163. The van der Waals surface area contributed by atoms with E-state index in [1.165, 1.54) is 0 Å². The summed E-state index contributed by atoms with van der Waals surface area (Å²) in [5.74, 6) is 0.163. The topological polar surface area (TPSA) is 38.3 Å². The first-order valence-electron chi connectivity index (χ1n) is 3.11. The number of methoxy groups -OCH3 is 1. The smallest absolute Gasteiger partial charge is 0.222 e. The van der Waals surface area contributed by atoms with Crippen molar-refractivity contribution in [3.05, 3.63) is 0 Å². The third kappa shape index (κ3) is 1.68. The van der Waals surface area contributed by atoms with Crippen LogP contribution in [-0.4, -0.2) is 25.7 Å². The number of hydrogen-bond donors (Lipinski definition) is 1. The van der Waals surface area contributed by atoms with Crippen LogP contribution in [0.1, 0.15) is 12.8 Å². The summed E-state index contributed by atoms with van der Waals surface area (Å²) in [6.07, 6.45) is 1.63. The fourth-order valence-corrected chi connectivity index (χ4v) is 0.865. The Kier molecular flexibility index (Phi) is 2.05. The first-order valence-corrected chi connectivity index (χ1v) is 3.11. The fourth-order valence-electron chi connectivity index (χ4n) is 0.865. The molecule has 0 aliphatic carbocycles. The summed E-state index contributed by atoms with van der Waals surface area (Å²) in [6, 6.07) is 0.387. The van der Waals surface area contributed by atoms with Gasteiger partial charge in [-0.05, 0) is 6.42 Å². The molecule has 1 unspecified atom stereocenters. The summed E-state index contributed by atoms with van der Waals surface area (Å²) in [6.45, 7) is 0.741. The molecule has 1 aliphatic rings. The SMILES string of the molecule is COCCC1CC(=O)N1. The van der Waals surface area contributed by atoms with Crippen LogP contribution in [0.3, 0.4) is 0 Å². The van der Waals surface area contributed by atoms with Crippen molar-refractivity contribution in [1.29, 1.82) is 0 Å². The van der Waals surface area contributed by atoms with Crippen LogP contribution in [0.25, 0.3) is 0 Å². The van der Waals surface area contributed by atoms with Gasteiger partial charge in [-0.1, -0.05) is 0 Å². The van der Waals surface area contributed by atoms with Crippen molar-refractivity contribution in [2.75, 3.05) is 13.7 Å². The molecule has 0 spiro atoms. The van der Waals surface area contributed by atoms with Crippen molar-refractivity contribution >= 4 is 5.91 Å². The zero-order chi connectivity index (χ0) is 6.69. The second kappa shape index (κ2) is 2.82. The Balaban J connectivity index is 1.97. The lowest BCUT2D eigenvalue weighted by Crippen LogP contribution is -2.48. The molecule has 1 rings (SSSR count). The van der Waals surface area contributed by atoms with Gasteiger partial charge >= 0.3 is 0 Å². The minimum Gasteiger partial charge on any atom is -0.385 e. The van der Waals surface area contributed by atoms with Gasteiger partial charge in [-0.3, -0.25) is 4.79 Å². The molecule has 1 amide bonds. The highest BCUT2D eigenvalue weighted by Gasteiger charge is 2.23. The molecular formula is C6H11NO2. The van der Waals surface area contributed by atoms with Crippen LogP contribution >= 0.6 is 0 Å². The zero-order valence-electron chi connectivity index (χ0n) is 5.52. The second-order valence-corrected chi connectivity index (χ2v) is 2.25. The summed E-state index contributed by atoms with van der Waals surface area (Å²) in [4.78, 5) is 10.3. The quantitative estimate of drug-likeness (QED) is 0.541. The van der Waals surface area contributed by atoms with Crippen molar-refractivity contribution in [3.8, 4) is 0 Å². The van der Waals surface area contributed by atoms with E-state index in [0.29, 0.717) is 12.5 Å². The van der Waals surface area contributed by atoms with E-state index in [4.69, 9.17) is 4.74 Å². The van der Waals surface area contributed by atoms with Gasteiger partial charge in [0.1, 0.15) is 0 Å². The van der Waals surface area contributed by atoms with Crippen LogP contribution in [0.15, 0.2) is 0 Å². The van der Waals surface area contributed by atoms with Crippen LogP contribution < -0.4 is 5.32 Å². The molecule has 0 radical (unpaired) electrons. The van der Waals surface area contributed by atoms with Crippen LogP contribution in [0, 0.1) is 0 Å². The van der Waals surface area contributed by atoms with Gasteiger partial charge in [-0.15, -0.1) is 0 Å². The van der Waals surface area contributed by atoms with Crippen molar-refractivity contribution in [2.45, 2.75) is 18.9 Å². The van der Waals surface area contributed by atoms with Crippen LogP contribution in [0.4, 0.5) is 0 Å². The Labute approximate surface area is 54.4 Å². The predicted octanol–water partition coefficient (Wildman–Crippen LogP) is -0.0886. The number of carbonyl (C=O) groups excluding carboxylic acids is 1. The van der Waals surface area contributed by atoms with Gasteiger partial charge in [0.05, 0.1) is 0 Å². The molecule has 1 saturated heterocycles. The maximum absolute atomic E-state index is 10.3. The third-order valence-corrected chi connectivity index (χ3v) is 1.47. The third-order valence-electron chi connectivity index (χ3n) is 1.47. The number of carbonyl (C=O) groups is 1. The molecule has 0 bridgehead atoms. The number of amides is 1. The average molecular weight is 129 g/mol. The fraction of sp³-hybridized carbons (Fsp3) is 0.833. The molecule has 52 valence electrons. The van der Waals surface area contributed by atoms with E-state index in [-0.39, 0.29) is 5.91 Å². The molecule has 0 aromatic carbocycles. The molecule has 1 N–H and O–H groups in total. The predicted molar refractivity (Wildman–Crippen MR) is 33.0 cm³/mol. The monoisotopic (exact) mass is 129 g/mol. The number of rotatable bonds is 3. The van der Waals surface area contributed by atoms with Crippen LogP contribution in [-0.2, 0) is 9.53 Å². The highest BCUT2D eigenvalue weighted by Crippen LogP contribution is 2.07. The van der Waals surface area contributed by atoms with E-state index < -0.39 is 0 Å². The number of hydrogen-bond acceptors (Lipinski definition) is 2. The summed E-state index contributed by atoms with van der Waals surface area (Å²) >= 11 is 0. The lowest BCUT2D eigenvalue weighted by Gasteiger charge is -2.26. The van der Waals surface area contributed by atoms with Gasteiger partial charge in [0, 0.05) is 26.2 Å². The summed E-state index contributed by atoms with van der Waals surface area (Å²) in [5, 5.41) is 2.76. The Morgan fingerprint density at radius 3 is 3.00 bits per heavy atom. The lowest BCUT2D eigenvalue weighted by molar-refractivity contribution is -0.128. The minimum absolute atomic E-state index is 0.163. The van der Waals surface area contributed by atoms with Gasteiger partial charge in [-0.2, -0.15) is 0 Å². The Morgan fingerprint density at radius 1 is 1.89 bits per heavy atom. The van der Waals surface area contributed by atoms with Gasteiger partial charge < -0.3 is 10.1 Å². The maximum atomic E-state index is 10.3. The molecule has 9 heavy (non-hydrogen) atoms. The van der Waals surface area contributed by atoms with Crippen molar-refractivity contribution in [3.63, 3.8) is 0 Å². The summed E-state index contributed by atoms with van der Waals surface area (Å²) in [7, 11) is 1.67. The number of β-lactam (4-membered cyclic amide) rings is 1. The van der Waals surface area contributed by atoms with Crippen molar-refractivity contribution in [1.82, 2.24) is 5.32 Å². The lowest BCUT2D eigenvalue weighted by atomic mass is 10.0. The van der Waals surface area contributed by atoms with E-state index in [1.807, 2.05) is 0 Å². The molecule has 1 atom stereocenters. The molecule has 3 nitrogen and oxygen atoms in total. The molecule has 0 aromatic heterocycles. The standard InChI is InChI=1S/C6H11NO2/c1-9-3-2-5-4-6(8)7-5/h5H,2-4H2,1H3,(H,7,8). The Bertz CT molecular complexity index is 106. The van der Waals surface area contributed by atoms with E-state index in [0.717, 1.165) is 13.0 Å². The molecule has 0 aromatic rings. The maximum Gasteiger partial charge on any atom is 0.222 e. The highest BCUT2D eigenvalue weighted by molar-refractivity contribution is 5.82. The molecule has 1 heterocycles. The molecule has 1 fully saturated rings. The average Bonchev–Trinajstić information content (AvgIpc) is 1.78. The van der Waals surface area contributed by atoms with Gasteiger partial charge in [0.15, 0.2) is 0 Å². The Morgan fingerprint density at radius 2 is 2.56 bits per heavy atom. The first-order chi connectivity index (χ1) is 4.33. The second-order valence-electron chi connectivity index (χ2n) is 2.25. The number of nitrogens with one attached hydrogen (secondary N) is 1. The summed E-state index contributed by atoms with van der Waals surface area (Å²) < 4.78 is 4.83. The highest BCUT2D eigenvalue weighted by atomic mass is 16.5. The molecular weight excluding hydrogens is 118 g/mol. The van der Waals surface area contributed by atoms with E-state index in [2.05, 4.69) is 5.32 Å². The van der Waals surface area contributed by atoms with Crippen molar-refractivity contribution in [2.24, 2.45) is 0 Å². The molecule has 3 heteroatoms. The Hall–Kier alpha value is -0.570. The van der Waals surface area contributed by atoms with Gasteiger partial charge in [0.25, 0.3) is 0 Å². The van der Waals surface area contributed by atoms with E-state index in [9.17, 15) is 4.79 Å². The molecule has 1 aliphatic heterocycles. The van der Waals surface area contributed by atoms with E-state index >= 15 is 0 Å².